The molecule has 1 nitrogen and oxygen atoms in total. The van der Waals surface area contributed by atoms with Crippen molar-refractivity contribution in [2.45, 2.75) is 71.6 Å². The molecule has 1 rings (SSSR count). The van der Waals surface area contributed by atoms with Gasteiger partial charge in [0.25, 0.3) is 0 Å². The molecule has 0 aromatic carbocycles. The number of rotatable bonds is 7. The van der Waals surface area contributed by atoms with Crippen molar-refractivity contribution in [3.63, 3.8) is 0 Å². The van der Waals surface area contributed by atoms with Crippen LogP contribution in [0.15, 0.2) is 12.2 Å². The van der Waals surface area contributed by atoms with Crippen molar-refractivity contribution in [1.29, 1.82) is 0 Å². The molecule has 0 unspecified atom stereocenters. The Labute approximate surface area is 107 Å². The minimum atomic E-state index is 0.337. The number of ketones is 1. The van der Waals surface area contributed by atoms with E-state index >= 15 is 0 Å². The van der Waals surface area contributed by atoms with Crippen LogP contribution in [0.2, 0.25) is 0 Å². The molecule has 1 fully saturated rings. The molecule has 98 valence electrons. The van der Waals surface area contributed by atoms with Gasteiger partial charge in [0, 0.05) is 6.42 Å². The molecular weight excluding hydrogens is 208 g/mol. The third kappa shape index (κ3) is 6.05. The SMILES string of the molecule is CCC=CC(=O)CC1CCC(CCCC)CC1. The van der Waals surface area contributed by atoms with Crippen LogP contribution in [0.1, 0.15) is 71.6 Å². The van der Waals surface area contributed by atoms with Crippen LogP contribution in [0, 0.1) is 11.8 Å². The van der Waals surface area contributed by atoms with Crippen molar-refractivity contribution in [2.24, 2.45) is 11.8 Å². The van der Waals surface area contributed by atoms with Crippen LogP contribution < -0.4 is 0 Å². The topological polar surface area (TPSA) is 17.1 Å². The number of allylic oxidation sites excluding steroid dienone is 2. The van der Waals surface area contributed by atoms with Crippen LogP contribution in [0.5, 0.6) is 0 Å². The van der Waals surface area contributed by atoms with E-state index in [1.807, 2.05) is 6.08 Å². The molecule has 0 atom stereocenters. The smallest absolute Gasteiger partial charge is 0.155 e. The monoisotopic (exact) mass is 236 g/mol. The van der Waals surface area contributed by atoms with Gasteiger partial charge in [-0.2, -0.15) is 0 Å². The van der Waals surface area contributed by atoms with Gasteiger partial charge >= 0.3 is 0 Å². The zero-order valence-electron chi connectivity index (χ0n) is 11.6. The van der Waals surface area contributed by atoms with Gasteiger partial charge in [0.2, 0.25) is 0 Å². The molecule has 0 spiro atoms. The molecule has 0 bridgehead atoms. The van der Waals surface area contributed by atoms with Gasteiger partial charge in [0.1, 0.15) is 0 Å². The summed E-state index contributed by atoms with van der Waals surface area (Å²) in [5.41, 5.74) is 0. The molecule has 0 radical (unpaired) electrons. The van der Waals surface area contributed by atoms with Crippen molar-refractivity contribution in [3.8, 4) is 0 Å². The number of carbonyl (C=O) groups is 1. The molecule has 0 heterocycles. The Balaban J connectivity index is 2.18. The fourth-order valence-electron chi connectivity index (χ4n) is 2.82. The molecule has 1 aliphatic carbocycles. The highest BCUT2D eigenvalue weighted by molar-refractivity contribution is 5.89. The summed E-state index contributed by atoms with van der Waals surface area (Å²) < 4.78 is 0. The van der Waals surface area contributed by atoms with E-state index < -0.39 is 0 Å². The Bertz CT molecular complexity index is 234. The summed E-state index contributed by atoms with van der Waals surface area (Å²) in [5, 5.41) is 0. The van der Waals surface area contributed by atoms with Crippen molar-refractivity contribution in [2.75, 3.05) is 0 Å². The highest BCUT2D eigenvalue weighted by Crippen LogP contribution is 2.33. The van der Waals surface area contributed by atoms with E-state index in [9.17, 15) is 4.79 Å². The van der Waals surface area contributed by atoms with Crippen LogP contribution in [-0.4, -0.2) is 5.78 Å². The zero-order chi connectivity index (χ0) is 12.5. The van der Waals surface area contributed by atoms with Crippen molar-refractivity contribution < 1.29 is 4.79 Å². The van der Waals surface area contributed by atoms with Gasteiger partial charge in [-0.15, -0.1) is 0 Å². The first-order chi connectivity index (χ1) is 8.26. The third-order valence-corrected chi connectivity index (χ3v) is 3.96. The van der Waals surface area contributed by atoms with Gasteiger partial charge < -0.3 is 0 Å². The van der Waals surface area contributed by atoms with Crippen molar-refractivity contribution >= 4 is 5.78 Å². The standard InChI is InChI=1S/C16H28O/c1-3-5-7-14-9-11-15(12-10-14)13-16(17)8-6-4-2/h6,8,14-15H,3-5,7,9-13H2,1-2H3. The third-order valence-electron chi connectivity index (χ3n) is 3.96. The molecule has 0 aromatic rings. The lowest BCUT2D eigenvalue weighted by Crippen LogP contribution is -2.16. The van der Waals surface area contributed by atoms with E-state index in [0.29, 0.717) is 11.7 Å². The quantitative estimate of drug-likeness (QED) is 0.574. The Morgan fingerprint density at radius 2 is 1.76 bits per heavy atom. The van der Waals surface area contributed by atoms with Crippen LogP contribution in [0.4, 0.5) is 0 Å². The number of hydrogen-bond acceptors (Lipinski definition) is 1. The van der Waals surface area contributed by atoms with Crippen LogP contribution in [0.25, 0.3) is 0 Å². The Morgan fingerprint density at radius 1 is 1.12 bits per heavy atom. The van der Waals surface area contributed by atoms with Crippen LogP contribution >= 0.6 is 0 Å². The summed E-state index contributed by atoms with van der Waals surface area (Å²) in [5.74, 6) is 1.96. The van der Waals surface area contributed by atoms with E-state index in [0.717, 1.165) is 18.8 Å². The Hall–Kier alpha value is -0.590. The summed E-state index contributed by atoms with van der Waals surface area (Å²) in [6.45, 7) is 4.34. The molecule has 0 aromatic heterocycles. The Kier molecular flexibility index (Phi) is 7.23. The molecule has 0 N–H and O–H groups in total. The summed E-state index contributed by atoms with van der Waals surface area (Å²) >= 11 is 0. The lowest BCUT2D eigenvalue weighted by Gasteiger charge is -2.27. The molecule has 1 saturated carbocycles. The van der Waals surface area contributed by atoms with E-state index in [-0.39, 0.29) is 0 Å². The molecule has 1 aliphatic rings. The Morgan fingerprint density at radius 3 is 2.35 bits per heavy atom. The molecule has 1 heteroatoms. The maximum absolute atomic E-state index is 11.6. The summed E-state index contributed by atoms with van der Waals surface area (Å²) in [6.07, 6.45) is 14.9. The van der Waals surface area contributed by atoms with Crippen LogP contribution in [0.3, 0.4) is 0 Å². The fraction of sp³-hybridized carbons (Fsp3) is 0.812. The van der Waals surface area contributed by atoms with Gasteiger partial charge in [0.05, 0.1) is 0 Å². The number of carbonyl (C=O) groups excluding carboxylic acids is 1. The zero-order valence-corrected chi connectivity index (χ0v) is 11.6. The minimum Gasteiger partial charge on any atom is -0.295 e. The first-order valence-electron chi connectivity index (χ1n) is 7.45. The average Bonchev–Trinajstić information content (AvgIpc) is 2.35. The second-order valence-electron chi connectivity index (χ2n) is 5.51. The van der Waals surface area contributed by atoms with Gasteiger partial charge in [-0.25, -0.2) is 0 Å². The minimum absolute atomic E-state index is 0.337. The predicted octanol–water partition coefficient (Wildman–Crippen LogP) is 4.91. The van der Waals surface area contributed by atoms with E-state index in [1.54, 1.807) is 6.08 Å². The van der Waals surface area contributed by atoms with Crippen molar-refractivity contribution in [3.05, 3.63) is 12.2 Å². The van der Waals surface area contributed by atoms with Gasteiger partial charge in [0.15, 0.2) is 5.78 Å². The van der Waals surface area contributed by atoms with Crippen molar-refractivity contribution in [1.82, 2.24) is 0 Å². The molecule has 0 amide bonds. The van der Waals surface area contributed by atoms with Gasteiger partial charge in [-0.1, -0.05) is 52.0 Å². The molecule has 0 saturated heterocycles. The van der Waals surface area contributed by atoms with Gasteiger partial charge in [-0.05, 0) is 37.2 Å². The lowest BCUT2D eigenvalue weighted by atomic mass is 9.78. The van der Waals surface area contributed by atoms with E-state index in [2.05, 4.69) is 13.8 Å². The fourth-order valence-corrected chi connectivity index (χ4v) is 2.82. The summed E-state index contributed by atoms with van der Waals surface area (Å²) in [7, 11) is 0. The highest BCUT2D eigenvalue weighted by Gasteiger charge is 2.21. The summed E-state index contributed by atoms with van der Waals surface area (Å²) in [6, 6.07) is 0. The lowest BCUT2D eigenvalue weighted by molar-refractivity contribution is -0.115. The van der Waals surface area contributed by atoms with E-state index in [4.69, 9.17) is 0 Å². The van der Waals surface area contributed by atoms with Gasteiger partial charge in [-0.3, -0.25) is 4.79 Å². The predicted molar refractivity (Wildman–Crippen MR) is 74.0 cm³/mol. The highest BCUT2D eigenvalue weighted by atomic mass is 16.1. The first-order valence-corrected chi connectivity index (χ1v) is 7.45. The molecule has 17 heavy (non-hydrogen) atoms. The summed E-state index contributed by atoms with van der Waals surface area (Å²) in [4.78, 5) is 11.6. The second-order valence-corrected chi connectivity index (χ2v) is 5.51. The first kappa shape index (κ1) is 14.5. The number of hydrogen-bond donors (Lipinski definition) is 0. The molecule has 0 aliphatic heterocycles. The largest absolute Gasteiger partial charge is 0.295 e. The second kappa shape index (κ2) is 8.49. The number of unbranched alkanes of at least 4 members (excludes halogenated alkanes) is 1. The maximum Gasteiger partial charge on any atom is 0.155 e. The maximum atomic E-state index is 11.6. The normalized spacial score (nSPS) is 25.3. The molecular formula is C16H28O. The van der Waals surface area contributed by atoms with Crippen LogP contribution in [-0.2, 0) is 4.79 Å². The average molecular weight is 236 g/mol. The van der Waals surface area contributed by atoms with E-state index in [1.165, 1.54) is 44.9 Å².